The average molecular weight is 392 g/mol. The summed E-state index contributed by atoms with van der Waals surface area (Å²) in [5, 5.41) is 4.34. The lowest BCUT2D eigenvalue weighted by Gasteiger charge is -2.23. The second-order valence-corrected chi connectivity index (χ2v) is 8.13. The molecule has 1 aliphatic heterocycles. The predicted molar refractivity (Wildman–Crippen MR) is 120 cm³/mol. The average Bonchev–Trinajstić information content (AvgIpc) is 3.37. The Balaban J connectivity index is 1.52. The first-order valence-electron chi connectivity index (χ1n) is 9.29. The zero-order valence-corrected chi connectivity index (χ0v) is 17.3. The van der Waals surface area contributed by atoms with Gasteiger partial charge >= 0.3 is 0 Å². The van der Waals surface area contributed by atoms with Crippen molar-refractivity contribution in [3.63, 3.8) is 0 Å². The van der Waals surface area contributed by atoms with Crippen LogP contribution in [0.15, 0.2) is 71.7 Å². The van der Waals surface area contributed by atoms with Crippen molar-refractivity contribution in [2.45, 2.75) is 20.4 Å². The summed E-state index contributed by atoms with van der Waals surface area (Å²) in [5.74, 6) is 0. The first-order valence-corrected chi connectivity index (χ1v) is 11.0. The number of fused-ring (bicyclic) bond motifs is 2. The molecule has 0 amide bonds. The van der Waals surface area contributed by atoms with E-state index in [4.69, 9.17) is 0 Å². The Morgan fingerprint density at radius 1 is 1.04 bits per heavy atom. The number of anilines is 1. The molecule has 0 aromatic carbocycles. The maximum Gasteiger partial charge on any atom is 0.223 e. The number of pyridine rings is 1. The van der Waals surface area contributed by atoms with Gasteiger partial charge in [0.05, 0.1) is 10.6 Å². The van der Waals surface area contributed by atoms with Crippen molar-refractivity contribution < 1.29 is 4.57 Å². The Morgan fingerprint density at radius 2 is 1.93 bits per heavy atom. The van der Waals surface area contributed by atoms with Crippen LogP contribution in [-0.2, 0) is 6.54 Å². The van der Waals surface area contributed by atoms with Gasteiger partial charge in [0, 0.05) is 30.4 Å². The van der Waals surface area contributed by atoms with Gasteiger partial charge in [-0.3, -0.25) is 0 Å². The zero-order valence-electron chi connectivity index (χ0n) is 15.6. The van der Waals surface area contributed by atoms with Gasteiger partial charge in [-0.25, -0.2) is 0 Å². The molecule has 2 nitrogen and oxygen atoms in total. The second-order valence-electron chi connectivity index (χ2n) is 6.29. The van der Waals surface area contributed by atoms with Crippen LogP contribution < -0.4 is 9.47 Å². The lowest BCUT2D eigenvalue weighted by Crippen LogP contribution is -2.32. The maximum absolute atomic E-state index is 2.29. The van der Waals surface area contributed by atoms with E-state index in [2.05, 4.69) is 101 Å². The van der Waals surface area contributed by atoms with Gasteiger partial charge in [0.2, 0.25) is 5.52 Å². The van der Waals surface area contributed by atoms with Crippen LogP contribution in [0.1, 0.15) is 24.3 Å². The number of thiophene rings is 2. The van der Waals surface area contributed by atoms with Crippen molar-refractivity contribution in [1.82, 2.24) is 0 Å². The summed E-state index contributed by atoms with van der Waals surface area (Å²) < 4.78 is 3.64. The molecule has 0 unspecified atom stereocenters. The Hall–Kier alpha value is -2.43. The third-order valence-corrected chi connectivity index (χ3v) is 6.66. The fourth-order valence-electron chi connectivity index (χ4n) is 3.34. The second kappa shape index (κ2) is 8.07. The van der Waals surface area contributed by atoms with Crippen molar-refractivity contribution in [2.24, 2.45) is 0 Å². The van der Waals surface area contributed by atoms with Crippen LogP contribution in [0.25, 0.3) is 21.9 Å². The maximum atomic E-state index is 2.29. The molecule has 4 heterocycles. The van der Waals surface area contributed by atoms with Gasteiger partial charge in [-0.15, -0.1) is 22.7 Å². The summed E-state index contributed by atoms with van der Waals surface area (Å²) in [5.41, 5.74) is 5.18. The Bertz CT molecular complexity index is 1060. The van der Waals surface area contributed by atoms with Crippen LogP contribution in [0.3, 0.4) is 0 Å². The number of aryl methyl sites for hydroxylation is 1. The highest BCUT2D eigenvalue weighted by atomic mass is 32.1. The molecular weight excluding hydrogens is 368 g/mol. The summed E-state index contributed by atoms with van der Waals surface area (Å²) in [6.45, 7) is 6.36. The van der Waals surface area contributed by atoms with Crippen LogP contribution >= 0.6 is 22.7 Å². The van der Waals surface area contributed by atoms with Gasteiger partial charge in [-0.05, 0) is 42.3 Å². The van der Waals surface area contributed by atoms with Gasteiger partial charge in [-0.2, -0.15) is 4.57 Å². The molecule has 27 heavy (non-hydrogen) atoms. The molecule has 3 aromatic rings. The minimum atomic E-state index is 0.998. The van der Waals surface area contributed by atoms with Crippen LogP contribution in [0.5, 0.6) is 0 Å². The van der Waals surface area contributed by atoms with Crippen molar-refractivity contribution in [2.75, 3.05) is 11.4 Å². The fraction of sp³-hybridized carbons (Fsp3) is 0.174. The standard InChI is InChI=1S/C23H23N2S2/c1-3-24-14-10-18(22-20(24)12-16-26-22)8-6-5-7-9-19-11-15-25(4-2)21-13-17-27-23(19)21/h5-17H,3-4H2,1-2H3/q+1. The van der Waals surface area contributed by atoms with E-state index >= 15 is 0 Å². The number of aromatic nitrogens is 1. The number of allylic oxidation sites excluding steroid dienone is 6. The molecule has 0 saturated heterocycles. The van der Waals surface area contributed by atoms with E-state index in [0.717, 1.165) is 13.1 Å². The molecule has 0 fully saturated rings. The first-order chi connectivity index (χ1) is 13.3. The fourth-order valence-corrected chi connectivity index (χ4v) is 5.16. The zero-order chi connectivity index (χ0) is 18.6. The molecule has 4 rings (SSSR count). The molecule has 3 aromatic heterocycles. The van der Waals surface area contributed by atoms with Crippen molar-refractivity contribution in [3.05, 3.63) is 82.2 Å². The summed E-state index contributed by atoms with van der Waals surface area (Å²) in [6.07, 6.45) is 17.3. The normalized spacial score (nSPS) is 15.6. The lowest BCUT2D eigenvalue weighted by molar-refractivity contribution is -0.667. The summed E-state index contributed by atoms with van der Waals surface area (Å²) in [7, 11) is 0. The van der Waals surface area contributed by atoms with Gasteiger partial charge in [0.15, 0.2) is 6.20 Å². The van der Waals surface area contributed by atoms with Gasteiger partial charge in [0.25, 0.3) is 0 Å². The first kappa shape index (κ1) is 18.0. The highest BCUT2D eigenvalue weighted by molar-refractivity contribution is 7.17. The highest BCUT2D eigenvalue weighted by Crippen LogP contribution is 2.37. The quantitative estimate of drug-likeness (QED) is 0.367. The van der Waals surface area contributed by atoms with E-state index in [0.29, 0.717) is 0 Å². The Morgan fingerprint density at radius 3 is 2.78 bits per heavy atom. The van der Waals surface area contributed by atoms with E-state index in [-0.39, 0.29) is 0 Å². The van der Waals surface area contributed by atoms with Gasteiger partial charge < -0.3 is 4.90 Å². The van der Waals surface area contributed by atoms with Gasteiger partial charge in [-0.1, -0.05) is 30.4 Å². The molecule has 4 heteroatoms. The molecule has 0 bridgehead atoms. The molecule has 136 valence electrons. The Kier molecular flexibility index (Phi) is 5.37. The topological polar surface area (TPSA) is 7.12 Å². The van der Waals surface area contributed by atoms with E-state index in [9.17, 15) is 0 Å². The SMILES string of the molecule is CCN1C=CC(=CC=CC=Cc2cc[n+](CC)c3ccsc23)c2sccc21. The lowest BCUT2D eigenvalue weighted by atomic mass is 10.1. The van der Waals surface area contributed by atoms with Crippen molar-refractivity contribution in [3.8, 4) is 0 Å². The molecule has 0 saturated carbocycles. The van der Waals surface area contributed by atoms with E-state index in [1.807, 2.05) is 0 Å². The molecule has 0 aliphatic carbocycles. The monoisotopic (exact) mass is 391 g/mol. The third-order valence-electron chi connectivity index (χ3n) is 4.76. The van der Waals surface area contributed by atoms with Crippen LogP contribution in [0.2, 0.25) is 0 Å². The van der Waals surface area contributed by atoms with Crippen LogP contribution in [0.4, 0.5) is 5.69 Å². The largest absolute Gasteiger partial charge is 0.347 e. The van der Waals surface area contributed by atoms with Crippen molar-refractivity contribution >= 4 is 50.2 Å². The van der Waals surface area contributed by atoms with Crippen molar-refractivity contribution in [1.29, 1.82) is 0 Å². The summed E-state index contributed by atoms with van der Waals surface area (Å²) >= 11 is 3.61. The van der Waals surface area contributed by atoms with Crippen LogP contribution in [-0.4, -0.2) is 6.54 Å². The molecule has 0 spiro atoms. The minimum Gasteiger partial charge on any atom is -0.347 e. The van der Waals surface area contributed by atoms with E-state index in [1.54, 1.807) is 22.7 Å². The highest BCUT2D eigenvalue weighted by Gasteiger charge is 2.15. The molecular formula is C23H23N2S2+. The number of nitrogens with zero attached hydrogens (tertiary/aromatic N) is 2. The Labute approximate surface area is 168 Å². The predicted octanol–water partition coefficient (Wildman–Crippen LogP) is 6.28. The summed E-state index contributed by atoms with van der Waals surface area (Å²) in [4.78, 5) is 3.64. The summed E-state index contributed by atoms with van der Waals surface area (Å²) in [6, 6.07) is 6.61. The molecule has 0 N–H and O–H groups in total. The van der Waals surface area contributed by atoms with Gasteiger partial charge in [0.1, 0.15) is 11.2 Å². The number of hydrogen-bond acceptors (Lipinski definition) is 3. The number of hydrogen-bond donors (Lipinski definition) is 0. The van der Waals surface area contributed by atoms with E-state index in [1.165, 1.54) is 31.9 Å². The molecule has 0 atom stereocenters. The van der Waals surface area contributed by atoms with E-state index < -0.39 is 0 Å². The number of rotatable bonds is 5. The van der Waals surface area contributed by atoms with Crippen LogP contribution in [0, 0.1) is 0 Å². The molecule has 0 radical (unpaired) electrons. The smallest absolute Gasteiger partial charge is 0.223 e. The molecule has 1 aliphatic rings. The third kappa shape index (κ3) is 3.55. The minimum absolute atomic E-state index is 0.998.